The summed E-state index contributed by atoms with van der Waals surface area (Å²) in [5, 5.41) is 19.9. The van der Waals surface area contributed by atoms with Gasteiger partial charge in [0.25, 0.3) is 0 Å². The Morgan fingerprint density at radius 2 is 1.75 bits per heavy atom. The fraction of sp³-hybridized carbons (Fsp3) is 0.308. The first kappa shape index (κ1) is 16.0. The molecular formula is C13H15NO5S. The Morgan fingerprint density at radius 1 is 1.10 bits per heavy atom. The molecule has 0 saturated heterocycles. The molecule has 20 heavy (non-hydrogen) atoms. The van der Waals surface area contributed by atoms with Crippen LogP contribution in [0.15, 0.2) is 30.3 Å². The summed E-state index contributed by atoms with van der Waals surface area (Å²) in [5.41, 5.74) is 0.804. The molecule has 0 radical (unpaired) electrons. The first-order valence-corrected chi connectivity index (χ1v) is 7.00. The topological polar surface area (TPSA) is 104 Å². The van der Waals surface area contributed by atoms with Gasteiger partial charge in [0.15, 0.2) is 0 Å². The third kappa shape index (κ3) is 6.24. The molecule has 1 aromatic carbocycles. The van der Waals surface area contributed by atoms with Gasteiger partial charge in [-0.05, 0) is 5.56 Å². The van der Waals surface area contributed by atoms with Crippen molar-refractivity contribution in [3.8, 4) is 0 Å². The number of carbonyl (C=O) groups excluding carboxylic acids is 1. The molecule has 0 bridgehead atoms. The maximum Gasteiger partial charge on any atom is 0.326 e. The molecule has 0 unspecified atom stereocenters. The van der Waals surface area contributed by atoms with Crippen LogP contribution in [0.2, 0.25) is 0 Å². The standard InChI is InChI=1S/C13H15NO5S/c15-11(7-20-8-12(16)17)14-10(13(18)19)6-9-4-2-1-3-5-9/h1-5,10H,6-8H2,(H,14,15)(H,16,17)(H,18,19)/t10-/m1/s1. The van der Waals surface area contributed by atoms with E-state index in [-0.39, 0.29) is 17.9 Å². The van der Waals surface area contributed by atoms with E-state index in [2.05, 4.69) is 5.32 Å². The van der Waals surface area contributed by atoms with Crippen LogP contribution < -0.4 is 5.32 Å². The van der Waals surface area contributed by atoms with Crippen molar-refractivity contribution in [2.24, 2.45) is 0 Å². The number of rotatable bonds is 8. The molecule has 0 fully saturated rings. The second-order valence-electron chi connectivity index (χ2n) is 4.03. The molecule has 1 atom stereocenters. The molecule has 7 heteroatoms. The lowest BCUT2D eigenvalue weighted by atomic mass is 10.1. The summed E-state index contributed by atoms with van der Waals surface area (Å²) in [5.74, 6) is -2.89. The van der Waals surface area contributed by atoms with E-state index in [1.165, 1.54) is 0 Å². The van der Waals surface area contributed by atoms with Crippen molar-refractivity contribution in [2.75, 3.05) is 11.5 Å². The smallest absolute Gasteiger partial charge is 0.326 e. The highest BCUT2D eigenvalue weighted by molar-refractivity contribution is 8.00. The van der Waals surface area contributed by atoms with Crippen LogP contribution in [-0.2, 0) is 20.8 Å². The van der Waals surface area contributed by atoms with E-state index in [4.69, 9.17) is 10.2 Å². The average molecular weight is 297 g/mol. The van der Waals surface area contributed by atoms with Crippen molar-refractivity contribution in [1.82, 2.24) is 5.32 Å². The number of carboxylic acid groups (broad SMARTS) is 2. The molecule has 1 aromatic rings. The number of hydrogen-bond donors (Lipinski definition) is 3. The lowest BCUT2D eigenvalue weighted by Crippen LogP contribution is -2.43. The van der Waals surface area contributed by atoms with Crippen LogP contribution in [0.3, 0.4) is 0 Å². The SMILES string of the molecule is O=C(O)CSCC(=O)N[C@H](Cc1ccccc1)C(=O)O. The summed E-state index contributed by atoms with van der Waals surface area (Å²) in [6, 6.07) is 7.94. The van der Waals surface area contributed by atoms with Crippen LogP contribution >= 0.6 is 11.8 Å². The summed E-state index contributed by atoms with van der Waals surface area (Å²) in [7, 11) is 0. The molecule has 0 spiro atoms. The number of carboxylic acids is 2. The van der Waals surface area contributed by atoms with E-state index in [0.717, 1.165) is 17.3 Å². The minimum Gasteiger partial charge on any atom is -0.481 e. The van der Waals surface area contributed by atoms with Gasteiger partial charge in [-0.15, -0.1) is 11.8 Å². The third-order valence-electron chi connectivity index (χ3n) is 2.37. The fourth-order valence-corrected chi connectivity index (χ4v) is 2.06. The van der Waals surface area contributed by atoms with Gasteiger partial charge in [-0.2, -0.15) is 0 Å². The van der Waals surface area contributed by atoms with Crippen LogP contribution in [0.5, 0.6) is 0 Å². The van der Waals surface area contributed by atoms with E-state index in [0.29, 0.717) is 0 Å². The Balaban J connectivity index is 2.49. The molecule has 1 rings (SSSR count). The summed E-state index contributed by atoms with van der Waals surface area (Å²) >= 11 is 0.925. The zero-order chi connectivity index (χ0) is 15.0. The van der Waals surface area contributed by atoms with E-state index >= 15 is 0 Å². The van der Waals surface area contributed by atoms with E-state index in [1.807, 2.05) is 6.07 Å². The predicted octanol–water partition coefficient (Wildman–Crippen LogP) is 0.616. The summed E-state index contributed by atoms with van der Waals surface area (Å²) < 4.78 is 0. The number of amides is 1. The molecule has 0 aliphatic carbocycles. The molecule has 0 aromatic heterocycles. The van der Waals surface area contributed by atoms with Gasteiger partial charge >= 0.3 is 11.9 Å². The molecule has 0 saturated carbocycles. The van der Waals surface area contributed by atoms with Crippen LogP contribution in [0.1, 0.15) is 5.56 Å². The lowest BCUT2D eigenvalue weighted by molar-refractivity contribution is -0.141. The highest BCUT2D eigenvalue weighted by atomic mass is 32.2. The number of nitrogens with one attached hydrogen (secondary N) is 1. The van der Waals surface area contributed by atoms with Gasteiger partial charge in [0.2, 0.25) is 5.91 Å². The van der Waals surface area contributed by atoms with Crippen LogP contribution in [-0.4, -0.2) is 45.6 Å². The van der Waals surface area contributed by atoms with Crippen LogP contribution in [0.4, 0.5) is 0 Å². The third-order valence-corrected chi connectivity index (χ3v) is 3.29. The number of benzene rings is 1. The fourth-order valence-electron chi connectivity index (χ4n) is 1.52. The largest absolute Gasteiger partial charge is 0.481 e. The van der Waals surface area contributed by atoms with E-state index < -0.39 is 23.9 Å². The first-order chi connectivity index (χ1) is 9.49. The molecule has 0 aliphatic rings. The van der Waals surface area contributed by atoms with Gasteiger partial charge in [0.05, 0.1) is 11.5 Å². The maximum atomic E-state index is 11.5. The van der Waals surface area contributed by atoms with Crippen molar-refractivity contribution in [1.29, 1.82) is 0 Å². The van der Waals surface area contributed by atoms with Gasteiger partial charge in [-0.1, -0.05) is 30.3 Å². The molecule has 0 heterocycles. The van der Waals surface area contributed by atoms with Gasteiger partial charge < -0.3 is 15.5 Å². The highest BCUT2D eigenvalue weighted by Gasteiger charge is 2.20. The zero-order valence-corrected chi connectivity index (χ0v) is 11.4. The Hall–Kier alpha value is -2.02. The molecule has 3 N–H and O–H groups in total. The van der Waals surface area contributed by atoms with Gasteiger partial charge in [0, 0.05) is 6.42 Å². The Bertz CT molecular complexity index is 477. The summed E-state index contributed by atoms with van der Waals surface area (Å²) in [4.78, 5) is 33.0. The van der Waals surface area contributed by atoms with Gasteiger partial charge in [-0.3, -0.25) is 9.59 Å². The Labute approximate surface area is 120 Å². The monoisotopic (exact) mass is 297 g/mol. The summed E-state index contributed by atoms with van der Waals surface area (Å²) in [6.45, 7) is 0. The van der Waals surface area contributed by atoms with Crippen molar-refractivity contribution >= 4 is 29.6 Å². The molecule has 108 valence electrons. The Morgan fingerprint density at radius 3 is 2.30 bits per heavy atom. The zero-order valence-electron chi connectivity index (χ0n) is 10.6. The van der Waals surface area contributed by atoms with Gasteiger partial charge in [-0.25, -0.2) is 4.79 Å². The molecule has 6 nitrogen and oxygen atoms in total. The maximum absolute atomic E-state index is 11.5. The second-order valence-corrected chi connectivity index (χ2v) is 5.02. The average Bonchev–Trinajstić information content (AvgIpc) is 2.38. The number of hydrogen-bond acceptors (Lipinski definition) is 4. The molecule has 1 amide bonds. The van der Waals surface area contributed by atoms with Crippen molar-refractivity contribution in [2.45, 2.75) is 12.5 Å². The highest BCUT2D eigenvalue weighted by Crippen LogP contribution is 2.05. The molecule has 0 aliphatic heterocycles. The second kappa shape index (κ2) is 8.21. The number of thioether (sulfide) groups is 1. The predicted molar refractivity (Wildman–Crippen MR) is 74.7 cm³/mol. The van der Waals surface area contributed by atoms with E-state index in [1.54, 1.807) is 24.3 Å². The quantitative estimate of drug-likeness (QED) is 0.650. The normalized spacial score (nSPS) is 11.6. The van der Waals surface area contributed by atoms with Crippen molar-refractivity contribution in [3.05, 3.63) is 35.9 Å². The molecular weight excluding hydrogens is 282 g/mol. The van der Waals surface area contributed by atoms with E-state index in [9.17, 15) is 14.4 Å². The van der Waals surface area contributed by atoms with Crippen molar-refractivity contribution in [3.63, 3.8) is 0 Å². The minimum absolute atomic E-state index is 0.0785. The van der Waals surface area contributed by atoms with Crippen molar-refractivity contribution < 1.29 is 24.6 Å². The van der Waals surface area contributed by atoms with Crippen LogP contribution in [0, 0.1) is 0 Å². The number of carbonyl (C=O) groups is 3. The first-order valence-electron chi connectivity index (χ1n) is 5.84. The lowest BCUT2D eigenvalue weighted by Gasteiger charge is -2.14. The van der Waals surface area contributed by atoms with Crippen LogP contribution in [0.25, 0.3) is 0 Å². The minimum atomic E-state index is -1.12. The van der Waals surface area contributed by atoms with Gasteiger partial charge in [0.1, 0.15) is 6.04 Å². The Kier molecular flexibility index (Phi) is 6.58. The number of aliphatic carboxylic acids is 2. The summed E-state index contributed by atoms with van der Waals surface area (Å²) in [6.07, 6.45) is 0.186.